The SMILES string of the molecule is Cl.NC1(c2noc(-c3cc(Cl)ccc3[N+](=O)[O-])n2)CCC1. The van der Waals surface area contributed by atoms with Gasteiger partial charge in [0.2, 0.25) is 0 Å². The number of nitro benzene ring substituents is 1. The number of nitrogens with zero attached hydrogens (tertiary/aromatic N) is 3. The highest BCUT2D eigenvalue weighted by Gasteiger charge is 2.39. The Kier molecular flexibility index (Phi) is 4.18. The van der Waals surface area contributed by atoms with Crippen molar-refractivity contribution in [2.45, 2.75) is 24.8 Å². The van der Waals surface area contributed by atoms with E-state index in [1.807, 2.05) is 0 Å². The molecular formula is C12H12Cl2N4O3. The lowest BCUT2D eigenvalue weighted by Gasteiger charge is -2.34. The van der Waals surface area contributed by atoms with Crippen LogP contribution in [0.5, 0.6) is 0 Å². The first-order chi connectivity index (χ1) is 9.49. The van der Waals surface area contributed by atoms with Crippen LogP contribution in [-0.2, 0) is 5.54 Å². The zero-order valence-electron chi connectivity index (χ0n) is 10.8. The number of halogens is 2. The average molecular weight is 331 g/mol. The maximum atomic E-state index is 11.0. The van der Waals surface area contributed by atoms with Gasteiger partial charge in [0.25, 0.3) is 11.6 Å². The maximum absolute atomic E-state index is 11.0. The molecule has 0 spiro atoms. The van der Waals surface area contributed by atoms with E-state index in [2.05, 4.69) is 10.1 Å². The predicted octanol–water partition coefficient (Wildman–Crippen LogP) is 3.06. The number of benzene rings is 1. The highest BCUT2D eigenvalue weighted by molar-refractivity contribution is 6.31. The highest BCUT2D eigenvalue weighted by atomic mass is 35.5. The van der Waals surface area contributed by atoms with Gasteiger partial charge in [0, 0.05) is 11.1 Å². The second-order valence-corrected chi connectivity index (χ2v) is 5.29. The number of aromatic nitrogens is 2. The van der Waals surface area contributed by atoms with Crippen LogP contribution in [0.15, 0.2) is 22.7 Å². The van der Waals surface area contributed by atoms with Gasteiger partial charge in [-0.05, 0) is 31.4 Å². The van der Waals surface area contributed by atoms with Gasteiger partial charge in [0.05, 0.1) is 10.5 Å². The lowest BCUT2D eigenvalue weighted by molar-refractivity contribution is -0.384. The molecule has 1 aromatic carbocycles. The Labute approximate surface area is 131 Å². The lowest BCUT2D eigenvalue weighted by atomic mass is 9.77. The fourth-order valence-corrected chi connectivity index (χ4v) is 2.33. The molecule has 7 nitrogen and oxygen atoms in total. The van der Waals surface area contributed by atoms with Crippen molar-refractivity contribution in [1.29, 1.82) is 0 Å². The summed E-state index contributed by atoms with van der Waals surface area (Å²) in [7, 11) is 0. The molecule has 1 aromatic heterocycles. The van der Waals surface area contributed by atoms with Gasteiger partial charge >= 0.3 is 0 Å². The largest absolute Gasteiger partial charge is 0.334 e. The van der Waals surface area contributed by atoms with Gasteiger partial charge in [-0.1, -0.05) is 16.8 Å². The predicted molar refractivity (Wildman–Crippen MR) is 78.4 cm³/mol. The molecule has 1 saturated carbocycles. The molecule has 9 heteroatoms. The molecule has 1 heterocycles. The Bertz CT molecular complexity index is 685. The summed E-state index contributed by atoms with van der Waals surface area (Å²) >= 11 is 5.87. The van der Waals surface area contributed by atoms with Crippen molar-refractivity contribution in [3.63, 3.8) is 0 Å². The Morgan fingerprint density at radius 1 is 1.43 bits per heavy atom. The second kappa shape index (κ2) is 5.59. The van der Waals surface area contributed by atoms with Crippen LogP contribution in [0.4, 0.5) is 5.69 Å². The standard InChI is InChI=1S/C12H11ClN4O3.ClH/c13-7-2-3-9(17(18)19)8(6-7)10-15-11(16-20-10)12(14)4-1-5-12;/h2-3,6H,1,4-5,14H2;1H. The monoisotopic (exact) mass is 330 g/mol. The van der Waals surface area contributed by atoms with Gasteiger partial charge in [-0.15, -0.1) is 12.4 Å². The van der Waals surface area contributed by atoms with E-state index in [1.54, 1.807) is 0 Å². The van der Waals surface area contributed by atoms with Crippen molar-refractivity contribution in [3.05, 3.63) is 39.2 Å². The Balaban J connectivity index is 0.00000161. The fraction of sp³-hybridized carbons (Fsp3) is 0.333. The summed E-state index contributed by atoms with van der Waals surface area (Å²) in [6, 6.07) is 4.18. The minimum absolute atomic E-state index is 0. The minimum Gasteiger partial charge on any atom is -0.334 e. The third kappa shape index (κ3) is 2.72. The Morgan fingerprint density at radius 2 is 2.14 bits per heavy atom. The van der Waals surface area contributed by atoms with Gasteiger partial charge in [-0.25, -0.2) is 0 Å². The quantitative estimate of drug-likeness (QED) is 0.684. The van der Waals surface area contributed by atoms with Crippen LogP contribution in [-0.4, -0.2) is 15.1 Å². The molecule has 3 rings (SSSR count). The zero-order chi connectivity index (χ0) is 14.3. The first kappa shape index (κ1) is 15.7. The summed E-state index contributed by atoms with van der Waals surface area (Å²) < 4.78 is 5.11. The van der Waals surface area contributed by atoms with E-state index < -0.39 is 10.5 Å². The zero-order valence-corrected chi connectivity index (χ0v) is 12.4. The van der Waals surface area contributed by atoms with E-state index in [0.29, 0.717) is 10.8 Å². The topological polar surface area (TPSA) is 108 Å². The van der Waals surface area contributed by atoms with Gasteiger partial charge < -0.3 is 10.3 Å². The van der Waals surface area contributed by atoms with Crippen LogP contribution >= 0.6 is 24.0 Å². The van der Waals surface area contributed by atoms with Crippen molar-refractivity contribution >= 4 is 29.7 Å². The van der Waals surface area contributed by atoms with E-state index in [0.717, 1.165) is 19.3 Å². The normalized spacial score (nSPS) is 15.9. The number of nitrogens with two attached hydrogens (primary N) is 1. The molecule has 2 N–H and O–H groups in total. The molecule has 112 valence electrons. The summed E-state index contributed by atoms with van der Waals surface area (Å²) in [6.45, 7) is 0. The van der Waals surface area contributed by atoms with Crippen LogP contribution in [0.25, 0.3) is 11.5 Å². The van der Waals surface area contributed by atoms with Crippen molar-refractivity contribution < 1.29 is 9.45 Å². The van der Waals surface area contributed by atoms with E-state index in [1.165, 1.54) is 18.2 Å². The molecule has 0 amide bonds. The number of hydrogen-bond acceptors (Lipinski definition) is 6. The minimum atomic E-state index is -0.574. The summed E-state index contributed by atoms with van der Waals surface area (Å²) in [6.07, 6.45) is 2.57. The number of nitro groups is 1. The van der Waals surface area contributed by atoms with E-state index in [4.69, 9.17) is 21.9 Å². The Morgan fingerprint density at radius 3 is 2.71 bits per heavy atom. The molecule has 0 saturated heterocycles. The molecule has 21 heavy (non-hydrogen) atoms. The molecule has 1 aliphatic carbocycles. The van der Waals surface area contributed by atoms with Gasteiger partial charge in [-0.2, -0.15) is 4.98 Å². The molecule has 1 fully saturated rings. The van der Waals surface area contributed by atoms with Gasteiger partial charge in [0.15, 0.2) is 5.82 Å². The third-order valence-electron chi connectivity index (χ3n) is 3.50. The summed E-state index contributed by atoms with van der Waals surface area (Å²) in [5, 5.41) is 15.2. The number of rotatable bonds is 3. The molecule has 0 bridgehead atoms. The van der Waals surface area contributed by atoms with E-state index in [9.17, 15) is 10.1 Å². The molecule has 2 aromatic rings. The Hall–Kier alpha value is -1.70. The first-order valence-electron chi connectivity index (χ1n) is 6.07. The average Bonchev–Trinajstić information content (AvgIpc) is 2.85. The smallest absolute Gasteiger partial charge is 0.282 e. The highest BCUT2D eigenvalue weighted by Crippen LogP contribution is 2.38. The first-order valence-corrected chi connectivity index (χ1v) is 6.45. The van der Waals surface area contributed by atoms with Gasteiger partial charge in [-0.3, -0.25) is 10.1 Å². The molecule has 0 radical (unpaired) electrons. The van der Waals surface area contributed by atoms with Crippen LogP contribution in [0, 0.1) is 10.1 Å². The van der Waals surface area contributed by atoms with Crippen molar-refractivity contribution in [1.82, 2.24) is 10.1 Å². The van der Waals surface area contributed by atoms with E-state index in [-0.39, 0.29) is 29.5 Å². The van der Waals surface area contributed by atoms with Crippen LogP contribution < -0.4 is 5.73 Å². The summed E-state index contributed by atoms with van der Waals surface area (Å²) in [5.41, 5.74) is 5.59. The summed E-state index contributed by atoms with van der Waals surface area (Å²) in [4.78, 5) is 14.7. The lowest BCUT2D eigenvalue weighted by Crippen LogP contribution is -2.44. The van der Waals surface area contributed by atoms with E-state index >= 15 is 0 Å². The fourth-order valence-electron chi connectivity index (χ4n) is 2.16. The van der Waals surface area contributed by atoms with Gasteiger partial charge in [0.1, 0.15) is 5.56 Å². The molecule has 1 aliphatic rings. The van der Waals surface area contributed by atoms with Crippen molar-refractivity contribution in [3.8, 4) is 11.5 Å². The number of hydrogen-bond donors (Lipinski definition) is 1. The van der Waals surface area contributed by atoms with Crippen LogP contribution in [0.2, 0.25) is 5.02 Å². The van der Waals surface area contributed by atoms with Crippen molar-refractivity contribution in [2.24, 2.45) is 5.73 Å². The second-order valence-electron chi connectivity index (χ2n) is 4.85. The molecule has 0 atom stereocenters. The molecular weight excluding hydrogens is 319 g/mol. The maximum Gasteiger partial charge on any atom is 0.282 e. The molecule has 0 aliphatic heterocycles. The molecule has 0 unspecified atom stereocenters. The van der Waals surface area contributed by atoms with Crippen LogP contribution in [0.1, 0.15) is 25.1 Å². The van der Waals surface area contributed by atoms with Crippen LogP contribution in [0.3, 0.4) is 0 Å². The van der Waals surface area contributed by atoms with Crippen molar-refractivity contribution in [2.75, 3.05) is 0 Å². The third-order valence-corrected chi connectivity index (χ3v) is 3.74. The summed E-state index contributed by atoms with van der Waals surface area (Å²) in [5.74, 6) is 0.443.